The summed E-state index contributed by atoms with van der Waals surface area (Å²) in [5, 5.41) is 17.8. The van der Waals surface area contributed by atoms with E-state index in [0.717, 1.165) is 33.8 Å². The van der Waals surface area contributed by atoms with Gasteiger partial charge in [-0.25, -0.2) is 0 Å². The molecular formula is C22H19N5O2. The van der Waals surface area contributed by atoms with E-state index < -0.39 is 0 Å². The lowest BCUT2D eigenvalue weighted by Gasteiger charge is -2.04. The number of hydrogen-bond acceptors (Lipinski definition) is 6. The quantitative estimate of drug-likeness (QED) is 0.468. The van der Waals surface area contributed by atoms with Crippen molar-refractivity contribution in [1.82, 2.24) is 19.9 Å². The Morgan fingerprint density at radius 2 is 1.79 bits per heavy atom. The molecule has 0 radical (unpaired) electrons. The van der Waals surface area contributed by atoms with Gasteiger partial charge in [0.15, 0.2) is 5.82 Å². The minimum atomic E-state index is 0.185. The van der Waals surface area contributed by atoms with Crippen molar-refractivity contribution in [2.75, 3.05) is 0 Å². The van der Waals surface area contributed by atoms with E-state index in [1.54, 1.807) is 6.08 Å². The summed E-state index contributed by atoms with van der Waals surface area (Å²) in [6, 6.07) is 13.8. The second-order valence-electron chi connectivity index (χ2n) is 6.92. The molecule has 0 bridgehead atoms. The van der Waals surface area contributed by atoms with Crippen molar-refractivity contribution < 1.29 is 9.05 Å². The SMILES string of the molecule is Cc1ccc(-c2noc(/C(C#N)=C/c3cc(C)n(-c4cc(C)on4)c3C)n2)cc1. The van der Waals surface area contributed by atoms with Crippen molar-refractivity contribution in [3.05, 3.63) is 70.6 Å². The third-order valence-corrected chi connectivity index (χ3v) is 4.70. The second-order valence-corrected chi connectivity index (χ2v) is 6.92. The maximum Gasteiger partial charge on any atom is 0.268 e. The zero-order chi connectivity index (χ0) is 20.5. The summed E-state index contributed by atoms with van der Waals surface area (Å²) >= 11 is 0. The standard InChI is InChI=1S/C22H19N5O2/c1-13-5-7-17(8-6-13)21-24-22(29-26-21)19(12-23)11-18-9-14(2)27(16(18)4)20-10-15(3)28-25-20/h5-11H,1-4H3/b19-11+. The van der Waals surface area contributed by atoms with E-state index in [2.05, 4.69) is 21.4 Å². The van der Waals surface area contributed by atoms with E-state index in [9.17, 15) is 5.26 Å². The molecule has 3 aromatic heterocycles. The maximum atomic E-state index is 9.66. The van der Waals surface area contributed by atoms with Gasteiger partial charge in [0, 0.05) is 23.0 Å². The smallest absolute Gasteiger partial charge is 0.268 e. The minimum Gasteiger partial charge on any atom is -0.360 e. The Bertz CT molecular complexity index is 1250. The van der Waals surface area contributed by atoms with Gasteiger partial charge in [-0.3, -0.25) is 4.57 Å². The summed E-state index contributed by atoms with van der Waals surface area (Å²) in [6.07, 6.45) is 1.75. The van der Waals surface area contributed by atoms with Crippen LogP contribution in [0.1, 0.15) is 34.2 Å². The fraction of sp³-hybridized carbons (Fsp3) is 0.182. The van der Waals surface area contributed by atoms with Gasteiger partial charge in [-0.1, -0.05) is 40.1 Å². The Morgan fingerprint density at radius 1 is 1.03 bits per heavy atom. The molecule has 0 aliphatic carbocycles. The molecule has 0 N–H and O–H groups in total. The molecule has 0 atom stereocenters. The first-order valence-electron chi connectivity index (χ1n) is 9.12. The lowest BCUT2D eigenvalue weighted by molar-refractivity contribution is 0.394. The molecule has 0 saturated heterocycles. The molecule has 0 spiro atoms. The van der Waals surface area contributed by atoms with Crippen LogP contribution >= 0.6 is 0 Å². The molecule has 144 valence electrons. The fourth-order valence-electron chi connectivity index (χ4n) is 3.20. The predicted octanol–water partition coefficient (Wildman–Crippen LogP) is 4.81. The highest BCUT2D eigenvalue weighted by Gasteiger charge is 2.16. The van der Waals surface area contributed by atoms with E-state index in [1.165, 1.54) is 0 Å². The van der Waals surface area contributed by atoms with Crippen LogP contribution in [0.2, 0.25) is 0 Å². The van der Waals surface area contributed by atoms with Gasteiger partial charge < -0.3 is 9.05 Å². The third-order valence-electron chi connectivity index (χ3n) is 4.70. The van der Waals surface area contributed by atoms with Gasteiger partial charge in [0.1, 0.15) is 17.4 Å². The molecule has 0 aliphatic heterocycles. The molecule has 0 saturated carbocycles. The first-order chi connectivity index (χ1) is 14.0. The van der Waals surface area contributed by atoms with Crippen molar-refractivity contribution in [2.45, 2.75) is 27.7 Å². The number of nitrogens with zero attached hydrogens (tertiary/aromatic N) is 5. The summed E-state index contributed by atoms with van der Waals surface area (Å²) in [5.41, 5.74) is 5.06. The van der Waals surface area contributed by atoms with Crippen molar-refractivity contribution >= 4 is 11.6 Å². The number of benzene rings is 1. The molecule has 4 aromatic rings. The molecule has 0 amide bonds. The molecule has 0 fully saturated rings. The lowest BCUT2D eigenvalue weighted by Crippen LogP contribution is -1.99. The van der Waals surface area contributed by atoms with Gasteiger partial charge in [-0.2, -0.15) is 10.2 Å². The average Bonchev–Trinajstić information content (AvgIpc) is 3.40. The minimum absolute atomic E-state index is 0.185. The van der Waals surface area contributed by atoms with Crippen LogP contribution < -0.4 is 0 Å². The number of nitriles is 1. The molecular weight excluding hydrogens is 366 g/mol. The summed E-state index contributed by atoms with van der Waals surface area (Å²) in [5.74, 6) is 2.07. The summed E-state index contributed by atoms with van der Waals surface area (Å²) in [6.45, 7) is 7.80. The Labute approximate surface area is 167 Å². The summed E-state index contributed by atoms with van der Waals surface area (Å²) in [4.78, 5) is 4.40. The zero-order valence-electron chi connectivity index (χ0n) is 16.6. The molecule has 7 nitrogen and oxygen atoms in total. The highest BCUT2D eigenvalue weighted by molar-refractivity contribution is 5.87. The van der Waals surface area contributed by atoms with Gasteiger partial charge >= 0.3 is 0 Å². The average molecular weight is 385 g/mol. The van der Waals surface area contributed by atoms with Gasteiger partial charge in [-0.05, 0) is 45.4 Å². The Morgan fingerprint density at radius 3 is 2.45 bits per heavy atom. The van der Waals surface area contributed by atoms with E-state index >= 15 is 0 Å². The largest absolute Gasteiger partial charge is 0.360 e. The van der Waals surface area contributed by atoms with Crippen LogP contribution in [0, 0.1) is 39.0 Å². The Balaban J connectivity index is 1.71. The second kappa shape index (κ2) is 7.24. The molecule has 29 heavy (non-hydrogen) atoms. The van der Waals surface area contributed by atoms with Crippen molar-refractivity contribution in [3.8, 4) is 23.3 Å². The number of hydrogen-bond donors (Lipinski definition) is 0. The van der Waals surface area contributed by atoms with E-state index in [-0.39, 0.29) is 5.89 Å². The Hall–Kier alpha value is -3.92. The number of allylic oxidation sites excluding steroid dienone is 1. The molecule has 3 heterocycles. The van der Waals surface area contributed by atoms with Crippen LogP contribution in [0.5, 0.6) is 0 Å². The summed E-state index contributed by atoms with van der Waals surface area (Å²) < 4.78 is 12.5. The van der Waals surface area contributed by atoms with E-state index in [4.69, 9.17) is 9.05 Å². The Kier molecular flexibility index (Phi) is 4.61. The van der Waals surface area contributed by atoms with E-state index in [0.29, 0.717) is 17.2 Å². The number of aryl methyl sites for hydroxylation is 3. The first-order valence-corrected chi connectivity index (χ1v) is 9.12. The highest BCUT2D eigenvalue weighted by Crippen LogP contribution is 2.26. The van der Waals surface area contributed by atoms with Crippen molar-refractivity contribution in [1.29, 1.82) is 5.26 Å². The molecule has 4 rings (SSSR count). The molecule has 0 unspecified atom stereocenters. The number of rotatable bonds is 4. The normalized spacial score (nSPS) is 11.6. The molecule has 7 heteroatoms. The van der Waals surface area contributed by atoms with Gasteiger partial charge in [0.25, 0.3) is 5.89 Å². The highest BCUT2D eigenvalue weighted by atomic mass is 16.5. The topological polar surface area (TPSA) is 93.7 Å². The van der Waals surface area contributed by atoms with Gasteiger partial charge in [-0.15, -0.1) is 0 Å². The third kappa shape index (κ3) is 3.48. The van der Waals surface area contributed by atoms with Crippen LogP contribution in [-0.4, -0.2) is 19.9 Å². The van der Waals surface area contributed by atoms with Crippen LogP contribution in [0.25, 0.3) is 28.9 Å². The van der Waals surface area contributed by atoms with Gasteiger partial charge in [0.2, 0.25) is 5.82 Å². The van der Waals surface area contributed by atoms with Crippen molar-refractivity contribution in [2.24, 2.45) is 0 Å². The first kappa shape index (κ1) is 18.4. The van der Waals surface area contributed by atoms with Crippen LogP contribution in [0.3, 0.4) is 0 Å². The van der Waals surface area contributed by atoms with Gasteiger partial charge in [0.05, 0.1) is 0 Å². The zero-order valence-corrected chi connectivity index (χ0v) is 16.6. The maximum absolute atomic E-state index is 9.66. The van der Waals surface area contributed by atoms with Crippen LogP contribution in [0.15, 0.2) is 45.4 Å². The molecule has 0 aliphatic rings. The van der Waals surface area contributed by atoms with Crippen LogP contribution in [0.4, 0.5) is 0 Å². The lowest BCUT2D eigenvalue weighted by atomic mass is 10.1. The van der Waals surface area contributed by atoms with Crippen molar-refractivity contribution in [3.63, 3.8) is 0 Å². The predicted molar refractivity (Wildman–Crippen MR) is 108 cm³/mol. The molecule has 1 aromatic carbocycles. The van der Waals surface area contributed by atoms with E-state index in [1.807, 2.05) is 68.7 Å². The number of aromatic nitrogens is 4. The van der Waals surface area contributed by atoms with Crippen LogP contribution in [-0.2, 0) is 0 Å². The fourth-order valence-corrected chi connectivity index (χ4v) is 3.20. The summed E-state index contributed by atoms with van der Waals surface area (Å²) in [7, 11) is 0. The monoisotopic (exact) mass is 385 g/mol.